The number of H-pyrrole nitrogens is 1. The average Bonchev–Trinajstić information content (AvgIpc) is 2.47. The van der Waals surface area contributed by atoms with Crippen molar-refractivity contribution in [2.24, 2.45) is 5.73 Å². The first kappa shape index (κ1) is 8.95. The van der Waals surface area contributed by atoms with E-state index in [-0.39, 0.29) is 11.7 Å². The van der Waals surface area contributed by atoms with Crippen LogP contribution in [0, 0.1) is 0 Å². The Hall–Kier alpha value is -1.14. The van der Waals surface area contributed by atoms with E-state index in [1.807, 2.05) is 0 Å². The first-order chi connectivity index (χ1) is 5.79. The minimum atomic E-state index is -0.262. The molecule has 68 valence electrons. The van der Waals surface area contributed by atoms with Gasteiger partial charge in [-0.25, -0.2) is 9.89 Å². The molecule has 0 radical (unpaired) electrons. The first-order valence-electron chi connectivity index (χ1n) is 3.60. The number of nitrogens with one attached hydrogen (secondary N) is 1. The maximum absolute atomic E-state index is 11.0. The molecule has 0 aliphatic carbocycles. The van der Waals surface area contributed by atoms with E-state index in [0.717, 1.165) is 0 Å². The van der Waals surface area contributed by atoms with Gasteiger partial charge < -0.3 is 10.5 Å². The zero-order valence-corrected chi connectivity index (χ0v) is 6.86. The van der Waals surface area contributed by atoms with Gasteiger partial charge in [0.15, 0.2) is 0 Å². The van der Waals surface area contributed by atoms with Gasteiger partial charge in [0.2, 0.25) is 0 Å². The second kappa shape index (κ2) is 4.03. The lowest BCUT2D eigenvalue weighted by molar-refractivity contribution is 0.156. The lowest BCUT2D eigenvalue weighted by Crippen LogP contribution is -2.30. The standard InChI is InChI=1S/C6H12N4O2/c1-12-3-5(2-7)10-4-8-9-6(10)11/h4-5H,2-3,7H2,1H3,(H,9,11). The van der Waals surface area contributed by atoms with Crippen molar-refractivity contribution < 1.29 is 4.74 Å². The molecule has 0 fully saturated rings. The van der Waals surface area contributed by atoms with Crippen LogP contribution in [-0.2, 0) is 4.74 Å². The van der Waals surface area contributed by atoms with E-state index < -0.39 is 0 Å². The lowest BCUT2D eigenvalue weighted by atomic mass is 10.3. The van der Waals surface area contributed by atoms with Crippen molar-refractivity contribution in [1.29, 1.82) is 0 Å². The van der Waals surface area contributed by atoms with Gasteiger partial charge in [-0.15, -0.1) is 0 Å². The highest BCUT2D eigenvalue weighted by Gasteiger charge is 2.10. The number of ether oxygens (including phenoxy) is 1. The summed E-state index contributed by atoms with van der Waals surface area (Å²) in [5.74, 6) is 0. The topological polar surface area (TPSA) is 85.9 Å². The smallest absolute Gasteiger partial charge is 0.343 e. The van der Waals surface area contributed by atoms with Gasteiger partial charge in [-0.2, -0.15) is 5.10 Å². The Morgan fingerprint density at radius 1 is 1.92 bits per heavy atom. The summed E-state index contributed by atoms with van der Waals surface area (Å²) < 4.78 is 6.31. The predicted octanol–water partition coefficient (Wildman–Crippen LogP) is -1.28. The molecular formula is C6H12N4O2. The minimum absolute atomic E-state index is 0.138. The molecule has 0 aromatic carbocycles. The fraction of sp³-hybridized carbons (Fsp3) is 0.667. The Bertz CT molecular complexity index is 279. The van der Waals surface area contributed by atoms with Crippen molar-refractivity contribution in [3.05, 3.63) is 16.8 Å². The predicted molar refractivity (Wildman–Crippen MR) is 42.8 cm³/mol. The number of rotatable bonds is 4. The third kappa shape index (κ3) is 1.72. The molecule has 1 aromatic rings. The molecule has 1 heterocycles. The Morgan fingerprint density at radius 3 is 3.08 bits per heavy atom. The molecule has 1 rings (SSSR count). The molecule has 0 aliphatic rings. The van der Waals surface area contributed by atoms with E-state index in [0.29, 0.717) is 13.2 Å². The SMILES string of the molecule is COCC(CN)n1cn[nH]c1=O. The molecule has 1 atom stereocenters. The van der Waals surface area contributed by atoms with Crippen LogP contribution in [0.1, 0.15) is 6.04 Å². The minimum Gasteiger partial charge on any atom is -0.382 e. The fourth-order valence-corrected chi connectivity index (χ4v) is 0.971. The Labute approximate surface area is 69.3 Å². The van der Waals surface area contributed by atoms with Crippen LogP contribution in [0.15, 0.2) is 11.1 Å². The number of nitrogens with zero attached hydrogens (tertiary/aromatic N) is 2. The van der Waals surface area contributed by atoms with Gasteiger partial charge in [-0.3, -0.25) is 4.57 Å². The van der Waals surface area contributed by atoms with Crippen molar-refractivity contribution in [3.63, 3.8) is 0 Å². The number of aromatic nitrogens is 3. The summed E-state index contributed by atoms with van der Waals surface area (Å²) in [4.78, 5) is 11.0. The number of aromatic amines is 1. The maximum atomic E-state index is 11.0. The van der Waals surface area contributed by atoms with Crippen LogP contribution in [-0.4, -0.2) is 35.0 Å². The van der Waals surface area contributed by atoms with Gasteiger partial charge in [0.05, 0.1) is 12.6 Å². The monoisotopic (exact) mass is 172 g/mol. The molecule has 3 N–H and O–H groups in total. The summed E-state index contributed by atoms with van der Waals surface area (Å²) in [6.45, 7) is 0.767. The number of hydrogen-bond donors (Lipinski definition) is 2. The highest BCUT2D eigenvalue weighted by atomic mass is 16.5. The van der Waals surface area contributed by atoms with Gasteiger partial charge in [-0.05, 0) is 0 Å². The summed E-state index contributed by atoms with van der Waals surface area (Å²) >= 11 is 0. The van der Waals surface area contributed by atoms with Crippen LogP contribution >= 0.6 is 0 Å². The molecule has 6 heteroatoms. The van der Waals surface area contributed by atoms with Gasteiger partial charge in [0.25, 0.3) is 0 Å². The largest absolute Gasteiger partial charge is 0.382 e. The van der Waals surface area contributed by atoms with Crippen LogP contribution in [0.3, 0.4) is 0 Å². The molecule has 0 saturated carbocycles. The molecule has 6 nitrogen and oxygen atoms in total. The van der Waals surface area contributed by atoms with Crippen LogP contribution in [0.2, 0.25) is 0 Å². The number of hydrogen-bond acceptors (Lipinski definition) is 4. The molecule has 1 aromatic heterocycles. The Morgan fingerprint density at radius 2 is 2.67 bits per heavy atom. The van der Waals surface area contributed by atoms with Gasteiger partial charge >= 0.3 is 5.69 Å². The highest BCUT2D eigenvalue weighted by Crippen LogP contribution is 1.98. The second-order valence-corrected chi connectivity index (χ2v) is 2.41. The van der Waals surface area contributed by atoms with Crippen molar-refractivity contribution in [2.45, 2.75) is 6.04 Å². The van der Waals surface area contributed by atoms with Crippen molar-refractivity contribution >= 4 is 0 Å². The van der Waals surface area contributed by atoms with Gasteiger partial charge in [-0.1, -0.05) is 0 Å². The van der Waals surface area contributed by atoms with Crippen LogP contribution in [0.5, 0.6) is 0 Å². The summed E-state index contributed by atoms with van der Waals surface area (Å²) in [7, 11) is 1.56. The van der Waals surface area contributed by atoms with Crippen LogP contribution in [0.4, 0.5) is 0 Å². The van der Waals surface area contributed by atoms with E-state index >= 15 is 0 Å². The Balaban J connectivity index is 2.79. The summed E-state index contributed by atoms with van der Waals surface area (Å²) in [5, 5.41) is 5.88. The number of methoxy groups -OCH3 is 1. The Kier molecular flexibility index (Phi) is 3.01. The van der Waals surface area contributed by atoms with Crippen LogP contribution < -0.4 is 11.4 Å². The second-order valence-electron chi connectivity index (χ2n) is 2.41. The zero-order valence-electron chi connectivity index (χ0n) is 6.86. The highest BCUT2D eigenvalue weighted by molar-refractivity contribution is 4.73. The molecule has 0 spiro atoms. The van der Waals surface area contributed by atoms with E-state index in [9.17, 15) is 4.79 Å². The average molecular weight is 172 g/mol. The van der Waals surface area contributed by atoms with E-state index in [1.165, 1.54) is 10.9 Å². The molecular weight excluding hydrogens is 160 g/mol. The quantitative estimate of drug-likeness (QED) is 0.592. The molecule has 0 saturated heterocycles. The third-order valence-corrected chi connectivity index (χ3v) is 1.60. The molecule has 1 unspecified atom stereocenters. The van der Waals surface area contributed by atoms with E-state index in [2.05, 4.69) is 10.2 Å². The van der Waals surface area contributed by atoms with Crippen molar-refractivity contribution in [1.82, 2.24) is 14.8 Å². The number of nitrogens with two attached hydrogens (primary N) is 1. The third-order valence-electron chi connectivity index (χ3n) is 1.60. The summed E-state index contributed by atoms with van der Waals surface area (Å²) in [6, 6.07) is -0.138. The molecule has 0 amide bonds. The van der Waals surface area contributed by atoms with Crippen molar-refractivity contribution in [2.75, 3.05) is 20.3 Å². The molecule has 0 aliphatic heterocycles. The first-order valence-corrected chi connectivity index (χ1v) is 3.60. The van der Waals surface area contributed by atoms with Crippen LogP contribution in [0.25, 0.3) is 0 Å². The normalized spacial score (nSPS) is 13.2. The van der Waals surface area contributed by atoms with Gasteiger partial charge in [0.1, 0.15) is 6.33 Å². The van der Waals surface area contributed by atoms with E-state index in [1.54, 1.807) is 7.11 Å². The summed E-state index contributed by atoms with van der Waals surface area (Å²) in [5.41, 5.74) is 5.18. The summed E-state index contributed by atoms with van der Waals surface area (Å²) in [6.07, 6.45) is 1.42. The van der Waals surface area contributed by atoms with E-state index in [4.69, 9.17) is 10.5 Å². The van der Waals surface area contributed by atoms with Gasteiger partial charge in [0, 0.05) is 13.7 Å². The lowest BCUT2D eigenvalue weighted by Gasteiger charge is -2.12. The molecule has 0 bridgehead atoms. The zero-order chi connectivity index (χ0) is 8.97. The molecule has 12 heavy (non-hydrogen) atoms. The van der Waals surface area contributed by atoms with Crippen molar-refractivity contribution in [3.8, 4) is 0 Å². The maximum Gasteiger partial charge on any atom is 0.343 e. The fourth-order valence-electron chi connectivity index (χ4n) is 0.971.